The molecule has 0 bridgehead atoms. The van der Waals surface area contributed by atoms with Gasteiger partial charge in [0.25, 0.3) is 0 Å². The predicted octanol–water partition coefficient (Wildman–Crippen LogP) is 3.82. The molecule has 1 amide bonds. The number of anilines is 1. The van der Waals surface area contributed by atoms with Crippen LogP contribution in [0.5, 0.6) is 5.75 Å². The lowest BCUT2D eigenvalue weighted by atomic mass is 10.0. The third kappa shape index (κ3) is 5.73. The molecule has 0 aliphatic rings. The molecular formula is C22H30N2O4S. The van der Waals surface area contributed by atoms with Crippen LogP contribution in [0, 0.1) is 6.92 Å². The Hall–Kier alpha value is -2.54. The lowest BCUT2D eigenvalue weighted by molar-refractivity contribution is -0.123. The number of benzene rings is 2. The summed E-state index contributed by atoms with van der Waals surface area (Å²) < 4.78 is 31.6. The largest absolute Gasteiger partial charge is 0.497 e. The number of methoxy groups -OCH3 is 1. The molecule has 2 aromatic rings. The monoisotopic (exact) mass is 418 g/mol. The van der Waals surface area contributed by atoms with Gasteiger partial charge < -0.3 is 10.1 Å². The molecule has 6 nitrogen and oxygen atoms in total. The van der Waals surface area contributed by atoms with Crippen molar-refractivity contribution < 1.29 is 17.9 Å². The van der Waals surface area contributed by atoms with Gasteiger partial charge in [-0.05, 0) is 37.5 Å². The Morgan fingerprint density at radius 1 is 1.10 bits per heavy atom. The van der Waals surface area contributed by atoms with Crippen molar-refractivity contribution in [2.45, 2.75) is 45.7 Å². The van der Waals surface area contributed by atoms with Crippen LogP contribution in [-0.2, 0) is 14.8 Å². The SMILES string of the molecule is CC[C@H](NC(=O)[C@H](CC)N(c1cccc(OC)c1)S(C)(=O)=O)c1ccc(C)cc1. The minimum absolute atomic E-state index is 0.191. The van der Waals surface area contributed by atoms with Crippen molar-refractivity contribution >= 4 is 21.6 Å². The molecule has 2 atom stereocenters. The number of amides is 1. The topological polar surface area (TPSA) is 75.7 Å². The molecule has 7 heteroatoms. The zero-order valence-corrected chi connectivity index (χ0v) is 18.5. The number of carbonyl (C=O) groups is 1. The van der Waals surface area contributed by atoms with Gasteiger partial charge in [0.1, 0.15) is 11.8 Å². The third-order valence-corrected chi connectivity index (χ3v) is 6.02. The zero-order valence-electron chi connectivity index (χ0n) is 17.7. The van der Waals surface area contributed by atoms with Gasteiger partial charge in [0.15, 0.2) is 0 Å². The summed E-state index contributed by atoms with van der Waals surface area (Å²) in [5.74, 6) is 0.200. The molecule has 158 valence electrons. The van der Waals surface area contributed by atoms with Crippen molar-refractivity contribution in [2.75, 3.05) is 17.7 Å². The zero-order chi connectivity index (χ0) is 21.6. The molecule has 0 aromatic heterocycles. The molecule has 0 spiro atoms. The number of carbonyl (C=O) groups excluding carboxylic acids is 1. The number of rotatable bonds is 9. The summed E-state index contributed by atoms with van der Waals surface area (Å²) in [6.07, 6.45) is 2.14. The van der Waals surface area contributed by atoms with Crippen molar-refractivity contribution in [1.29, 1.82) is 0 Å². The first kappa shape index (κ1) is 22.7. The van der Waals surface area contributed by atoms with E-state index in [1.807, 2.05) is 38.1 Å². The molecule has 0 heterocycles. The van der Waals surface area contributed by atoms with E-state index in [1.165, 1.54) is 11.4 Å². The number of sulfonamides is 1. The molecule has 0 radical (unpaired) electrons. The Morgan fingerprint density at radius 3 is 2.28 bits per heavy atom. The molecule has 0 fully saturated rings. The maximum absolute atomic E-state index is 13.2. The van der Waals surface area contributed by atoms with Gasteiger partial charge in [0, 0.05) is 6.07 Å². The molecule has 0 saturated carbocycles. The first-order chi connectivity index (χ1) is 13.7. The van der Waals surface area contributed by atoms with Gasteiger partial charge in [-0.2, -0.15) is 0 Å². The normalized spacial score (nSPS) is 13.4. The van der Waals surface area contributed by atoms with E-state index < -0.39 is 16.1 Å². The Balaban J connectivity index is 2.35. The van der Waals surface area contributed by atoms with Gasteiger partial charge in [-0.3, -0.25) is 9.10 Å². The highest BCUT2D eigenvalue weighted by Gasteiger charge is 2.32. The number of aryl methyl sites for hydroxylation is 1. The number of nitrogens with zero attached hydrogens (tertiary/aromatic N) is 1. The fourth-order valence-electron chi connectivity index (χ4n) is 3.30. The average molecular weight is 419 g/mol. The van der Waals surface area contributed by atoms with E-state index in [0.29, 0.717) is 24.3 Å². The summed E-state index contributed by atoms with van der Waals surface area (Å²) in [5, 5.41) is 3.03. The Bertz CT molecular complexity index is 926. The predicted molar refractivity (Wildman–Crippen MR) is 117 cm³/mol. The Kier molecular flexibility index (Phi) is 7.67. The summed E-state index contributed by atoms with van der Waals surface area (Å²) in [4.78, 5) is 13.2. The lowest BCUT2D eigenvalue weighted by Crippen LogP contribution is -2.50. The second kappa shape index (κ2) is 9.78. The first-order valence-electron chi connectivity index (χ1n) is 9.71. The maximum Gasteiger partial charge on any atom is 0.244 e. The fourth-order valence-corrected chi connectivity index (χ4v) is 4.50. The van der Waals surface area contributed by atoms with E-state index in [1.54, 1.807) is 31.2 Å². The van der Waals surface area contributed by atoms with Gasteiger partial charge >= 0.3 is 0 Å². The third-order valence-electron chi connectivity index (χ3n) is 4.84. The summed E-state index contributed by atoms with van der Waals surface area (Å²) in [6.45, 7) is 5.80. The van der Waals surface area contributed by atoms with E-state index >= 15 is 0 Å². The van der Waals surface area contributed by atoms with Crippen molar-refractivity contribution in [3.05, 3.63) is 59.7 Å². The standard InChI is InChI=1S/C22H30N2O4S/c1-6-20(17-13-11-16(3)12-14-17)23-22(25)21(7-2)24(29(5,26)27)18-9-8-10-19(15-18)28-4/h8-15,20-21H,6-7H2,1-5H3,(H,23,25)/t20-,21-/m0/s1. The molecule has 2 aromatic carbocycles. The molecule has 0 saturated heterocycles. The highest BCUT2D eigenvalue weighted by atomic mass is 32.2. The number of ether oxygens (including phenoxy) is 1. The minimum Gasteiger partial charge on any atom is -0.497 e. The molecule has 0 unspecified atom stereocenters. The smallest absolute Gasteiger partial charge is 0.244 e. The highest BCUT2D eigenvalue weighted by molar-refractivity contribution is 7.92. The average Bonchev–Trinajstić information content (AvgIpc) is 2.69. The first-order valence-corrected chi connectivity index (χ1v) is 11.6. The summed E-state index contributed by atoms with van der Waals surface area (Å²) in [6, 6.07) is 13.6. The van der Waals surface area contributed by atoms with Crippen LogP contribution < -0.4 is 14.4 Å². The van der Waals surface area contributed by atoms with E-state index in [2.05, 4.69) is 5.32 Å². The van der Waals surface area contributed by atoms with Crippen molar-refractivity contribution in [1.82, 2.24) is 5.32 Å². The van der Waals surface area contributed by atoms with Crippen LogP contribution >= 0.6 is 0 Å². The van der Waals surface area contributed by atoms with E-state index in [0.717, 1.165) is 17.4 Å². The number of nitrogens with one attached hydrogen (secondary N) is 1. The second-order valence-corrected chi connectivity index (χ2v) is 8.92. The van der Waals surface area contributed by atoms with Gasteiger partial charge in [0.05, 0.1) is 25.1 Å². The molecule has 2 rings (SSSR count). The van der Waals surface area contributed by atoms with E-state index in [-0.39, 0.29) is 11.9 Å². The second-order valence-electron chi connectivity index (χ2n) is 7.06. The quantitative estimate of drug-likeness (QED) is 0.672. The van der Waals surface area contributed by atoms with Gasteiger partial charge in [-0.15, -0.1) is 0 Å². The number of hydrogen-bond acceptors (Lipinski definition) is 4. The highest BCUT2D eigenvalue weighted by Crippen LogP contribution is 2.27. The van der Waals surface area contributed by atoms with Crippen LogP contribution in [0.3, 0.4) is 0 Å². The molecule has 0 aliphatic carbocycles. The molecule has 29 heavy (non-hydrogen) atoms. The van der Waals surface area contributed by atoms with E-state index in [9.17, 15) is 13.2 Å². The van der Waals surface area contributed by atoms with Gasteiger partial charge in [-0.25, -0.2) is 8.42 Å². The molecule has 0 aliphatic heterocycles. The van der Waals surface area contributed by atoms with Gasteiger partial charge in [-0.1, -0.05) is 49.7 Å². The fraction of sp³-hybridized carbons (Fsp3) is 0.409. The van der Waals surface area contributed by atoms with E-state index in [4.69, 9.17) is 4.74 Å². The maximum atomic E-state index is 13.2. The minimum atomic E-state index is -3.70. The Morgan fingerprint density at radius 2 is 1.76 bits per heavy atom. The van der Waals surface area contributed by atoms with Crippen molar-refractivity contribution in [3.63, 3.8) is 0 Å². The number of hydrogen-bond donors (Lipinski definition) is 1. The lowest BCUT2D eigenvalue weighted by Gasteiger charge is -2.31. The summed E-state index contributed by atoms with van der Waals surface area (Å²) in [5.41, 5.74) is 2.54. The summed E-state index contributed by atoms with van der Waals surface area (Å²) in [7, 11) is -2.18. The van der Waals surface area contributed by atoms with Crippen molar-refractivity contribution in [2.24, 2.45) is 0 Å². The van der Waals surface area contributed by atoms with Crippen molar-refractivity contribution in [3.8, 4) is 5.75 Å². The van der Waals surface area contributed by atoms with Crippen LogP contribution in [-0.4, -0.2) is 33.7 Å². The molecule has 1 N–H and O–H groups in total. The van der Waals surface area contributed by atoms with Crippen LogP contribution in [0.15, 0.2) is 48.5 Å². The van der Waals surface area contributed by atoms with Crippen LogP contribution in [0.4, 0.5) is 5.69 Å². The van der Waals surface area contributed by atoms with Gasteiger partial charge in [0.2, 0.25) is 15.9 Å². The summed E-state index contributed by atoms with van der Waals surface area (Å²) >= 11 is 0. The van der Waals surface area contributed by atoms with Crippen LogP contribution in [0.25, 0.3) is 0 Å². The Labute approximate surface area is 173 Å². The van der Waals surface area contributed by atoms with Crippen LogP contribution in [0.1, 0.15) is 43.9 Å². The van der Waals surface area contributed by atoms with Crippen LogP contribution in [0.2, 0.25) is 0 Å². The molecular weight excluding hydrogens is 388 g/mol.